The molecule has 0 unspecified atom stereocenters. The summed E-state index contributed by atoms with van der Waals surface area (Å²) in [5.74, 6) is 0.132. The van der Waals surface area contributed by atoms with Crippen molar-refractivity contribution in [3.63, 3.8) is 0 Å². The number of nitrogen functional groups attached to an aromatic ring is 1. The summed E-state index contributed by atoms with van der Waals surface area (Å²) in [4.78, 5) is 19.2. The zero-order valence-corrected chi connectivity index (χ0v) is 10.0. The highest BCUT2D eigenvalue weighted by Gasteiger charge is 2.08. The van der Waals surface area contributed by atoms with E-state index in [2.05, 4.69) is 14.7 Å². The number of anilines is 1. The summed E-state index contributed by atoms with van der Waals surface area (Å²) in [6, 6.07) is 3.67. The maximum absolute atomic E-state index is 11.1. The number of hydrogen-bond donors (Lipinski definition) is 1. The third-order valence-corrected chi connectivity index (χ3v) is 2.54. The van der Waals surface area contributed by atoms with Crippen molar-refractivity contribution in [1.82, 2.24) is 14.5 Å². The fourth-order valence-electron chi connectivity index (χ4n) is 1.61. The summed E-state index contributed by atoms with van der Waals surface area (Å²) in [5, 5.41) is 0. The van der Waals surface area contributed by atoms with Crippen molar-refractivity contribution in [2.24, 2.45) is 0 Å². The molecular formula is C12H14N4O2. The van der Waals surface area contributed by atoms with Crippen LogP contribution in [0, 0.1) is 0 Å². The maximum atomic E-state index is 11.1. The van der Waals surface area contributed by atoms with Crippen molar-refractivity contribution in [2.45, 2.75) is 12.8 Å². The number of ether oxygens (including phenoxy) is 1. The number of aromatic nitrogens is 3. The van der Waals surface area contributed by atoms with Gasteiger partial charge in [0.25, 0.3) is 0 Å². The molecule has 2 rings (SSSR count). The summed E-state index contributed by atoms with van der Waals surface area (Å²) in [7, 11) is 1.37. The van der Waals surface area contributed by atoms with E-state index in [9.17, 15) is 4.79 Å². The van der Waals surface area contributed by atoms with Crippen molar-refractivity contribution in [2.75, 3.05) is 12.8 Å². The zero-order valence-electron chi connectivity index (χ0n) is 10.0. The molecule has 0 aliphatic carbocycles. The second-order valence-corrected chi connectivity index (χ2v) is 3.74. The van der Waals surface area contributed by atoms with E-state index in [1.807, 2.05) is 18.3 Å². The van der Waals surface area contributed by atoms with Crippen LogP contribution in [0.1, 0.15) is 12.1 Å². The van der Waals surface area contributed by atoms with Gasteiger partial charge in [-0.3, -0.25) is 14.3 Å². The lowest BCUT2D eigenvalue weighted by atomic mass is 10.2. The molecule has 6 nitrogen and oxygen atoms in total. The molecule has 0 spiro atoms. The Balaban J connectivity index is 2.15. The molecule has 0 fully saturated rings. The number of rotatable bonds is 4. The molecule has 0 aromatic carbocycles. The van der Waals surface area contributed by atoms with Crippen LogP contribution in [0.15, 0.2) is 30.7 Å². The molecule has 2 N–H and O–H groups in total. The summed E-state index contributed by atoms with van der Waals surface area (Å²) in [5.41, 5.74) is 7.47. The number of carbonyl (C=O) groups is 1. The second kappa shape index (κ2) is 5.31. The number of nitrogens with two attached hydrogens (primary N) is 1. The Labute approximate surface area is 104 Å². The predicted octanol–water partition coefficient (Wildman–Crippen LogP) is 0.955. The van der Waals surface area contributed by atoms with Crippen LogP contribution >= 0.6 is 0 Å². The molecule has 0 amide bonds. The first kappa shape index (κ1) is 12.1. The van der Waals surface area contributed by atoms with E-state index in [1.165, 1.54) is 7.11 Å². The zero-order chi connectivity index (χ0) is 13.0. The van der Waals surface area contributed by atoms with E-state index in [4.69, 9.17) is 5.73 Å². The van der Waals surface area contributed by atoms with Crippen LogP contribution in [0.5, 0.6) is 0 Å². The molecule has 0 aliphatic heterocycles. The Morgan fingerprint density at radius 1 is 1.44 bits per heavy atom. The van der Waals surface area contributed by atoms with Crippen LogP contribution in [0.4, 0.5) is 5.95 Å². The topological polar surface area (TPSA) is 83.0 Å². The number of esters is 1. The Morgan fingerprint density at radius 2 is 2.17 bits per heavy atom. The molecule has 6 heteroatoms. The Bertz CT molecular complexity index is 536. The number of methoxy groups -OCH3 is 1. The van der Waals surface area contributed by atoms with Crippen molar-refractivity contribution >= 4 is 11.9 Å². The van der Waals surface area contributed by atoms with Crippen molar-refractivity contribution in [1.29, 1.82) is 0 Å². The van der Waals surface area contributed by atoms with E-state index in [0.29, 0.717) is 18.8 Å². The van der Waals surface area contributed by atoms with Gasteiger partial charge in [-0.15, -0.1) is 0 Å². The predicted molar refractivity (Wildman–Crippen MR) is 66.1 cm³/mol. The number of nitrogens with zero attached hydrogens (tertiary/aromatic N) is 3. The van der Waals surface area contributed by atoms with Gasteiger partial charge in [-0.1, -0.05) is 0 Å². The van der Waals surface area contributed by atoms with E-state index in [1.54, 1.807) is 17.0 Å². The van der Waals surface area contributed by atoms with Gasteiger partial charge in [0, 0.05) is 25.0 Å². The molecule has 2 heterocycles. The van der Waals surface area contributed by atoms with Crippen LogP contribution in [0.3, 0.4) is 0 Å². The number of aryl methyl sites for hydroxylation is 1. The van der Waals surface area contributed by atoms with Crippen LogP contribution in [0.2, 0.25) is 0 Å². The number of imidazole rings is 1. The molecule has 18 heavy (non-hydrogen) atoms. The Hall–Kier alpha value is -2.37. The van der Waals surface area contributed by atoms with Gasteiger partial charge >= 0.3 is 5.97 Å². The smallest absolute Gasteiger partial charge is 0.305 e. The fraction of sp³-hybridized carbons (Fsp3) is 0.250. The molecule has 2 aromatic heterocycles. The highest BCUT2D eigenvalue weighted by atomic mass is 16.5. The lowest BCUT2D eigenvalue weighted by molar-refractivity contribution is -0.140. The quantitative estimate of drug-likeness (QED) is 0.812. The third-order valence-electron chi connectivity index (χ3n) is 2.54. The molecule has 0 radical (unpaired) electrons. The molecule has 94 valence electrons. The summed E-state index contributed by atoms with van der Waals surface area (Å²) < 4.78 is 6.34. The first-order valence-electron chi connectivity index (χ1n) is 5.51. The van der Waals surface area contributed by atoms with Crippen LogP contribution in [-0.4, -0.2) is 27.6 Å². The minimum absolute atomic E-state index is 0.257. The van der Waals surface area contributed by atoms with E-state index in [0.717, 1.165) is 11.4 Å². The highest BCUT2D eigenvalue weighted by molar-refractivity contribution is 5.69. The molecular weight excluding hydrogens is 232 g/mol. The summed E-state index contributed by atoms with van der Waals surface area (Å²) in [6.45, 7) is 0. The van der Waals surface area contributed by atoms with Gasteiger partial charge in [0.15, 0.2) is 0 Å². The monoisotopic (exact) mass is 246 g/mol. The van der Waals surface area contributed by atoms with Gasteiger partial charge in [0.2, 0.25) is 5.95 Å². The van der Waals surface area contributed by atoms with Crippen LogP contribution in [0.25, 0.3) is 5.69 Å². The van der Waals surface area contributed by atoms with Gasteiger partial charge in [-0.2, -0.15) is 0 Å². The lowest BCUT2D eigenvalue weighted by Gasteiger charge is -2.02. The minimum Gasteiger partial charge on any atom is -0.469 e. The standard InChI is InChI=1S/C12H14N4O2/c1-18-11(17)3-2-9-8-16(12(13)15-9)10-4-6-14-7-5-10/h4-8H,2-3H2,1H3,(H2,13,15). The van der Waals surface area contributed by atoms with Crippen molar-refractivity contribution < 1.29 is 9.53 Å². The molecule has 0 aliphatic rings. The van der Waals surface area contributed by atoms with Gasteiger partial charge in [0.1, 0.15) is 0 Å². The molecule has 0 atom stereocenters. The average Bonchev–Trinajstić information content (AvgIpc) is 2.78. The molecule has 0 saturated heterocycles. The third kappa shape index (κ3) is 2.65. The van der Waals surface area contributed by atoms with Gasteiger partial charge in [-0.05, 0) is 12.1 Å². The SMILES string of the molecule is COC(=O)CCc1cn(-c2ccncc2)c(N)n1. The van der Waals surface area contributed by atoms with Gasteiger partial charge < -0.3 is 10.5 Å². The van der Waals surface area contributed by atoms with Gasteiger partial charge in [-0.25, -0.2) is 4.98 Å². The highest BCUT2D eigenvalue weighted by Crippen LogP contribution is 2.14. The lowest BCUT2D eigenvalue weighted by Crippen LogP contribution is -2.02. The average molecular weight is 246 g/mol. The van der Waals surface area contributed by atoms with Crippen LogP contribution < -0.4 is 5.73 Å². The number of hydrogen-bond acceptors (Lipinski definition) is 5. The molecule has 0 bridgehead atoms. The molecule has 2 aromatic rings. The summed E-state index contributed by atoms with van der Waals surface area (Å²) >= 11 is 0. The van der Waals surface area contributed by atoms with Crippen LogP contribution in [-0.2, 0) is 16.0 Å². The van der Waals surface area contributed by atoms with E-state index < -0.39 is 0 Å². The maximum Gasteiger partial charge on any atom is 0.305 e. The first-order chi connectivity index (χ1) is 8.70. The second-order valence-electron chi connectivity index (χ2n) is 3.74. The number of pyridine rings is 1. The molecule has 0 saturated carbocycles. The fourth-order valence-corrected chi connectivity index (χ4v) is 1.61. The normalized spacial score (nSPS) is 10.3. The Morgan fingerprint density at radius 3 is 2.83 bits per heavy atom. The van der Waals surface area contributed by atoms with Crippen molar-refractivity contribution in [3.05, 3.63) is 36.4 Å². The first-order valence-corrected chi connectivity index (χ1v) is 5.51. The summed E-state index contributed by atoms with van der Waals surface area (Å²) in [6.07, 6.45) is 5.98. The van der Waals surface area contributed by atoms with E-state index >= 15 is 0 Å². The number of carbonyl (C=O) groups excluding carboxylic acids is 1. The largest absolute Gasteiger partial charge is 0.469 e. The minimum atomic E-state index is -0.257. The van der Waals surface area contributed by atoms with Gasteiger partial charge in [0.05, 0.1) is 24.9 Å². The Kier molecular flexibility index (Phi) is 3.57. The van der Waals surface area contributed by atoms with Crippen molar-refractivity contribution in [3.8, 4) is 5.69 Å². The van der Waals surface area contributed by atoms with E-state index in [-0.39, 0.29) is 5.97 Å².